The van der Waals surface area contributed by atoms with Crippen LogP contribution in [-0.4, -0.2) is 0 Å². The van der Waals surface area contributed by atoms with E-state index < -0.39 is 0 Å². The fourth-order valence-corrected chi connectivity index (χ4v) is 1.70. The second-order valence-corrected chi connectivity index (χ2v) is 3.81. The van der Waals surface area contributed by atoms with Gasteiger partial charge in [0.15, 0.2) is 0 Å². The monoisotopic (exact) mass is 249 g/mol. The summed E-state index contributed by atoms with van der Waals surface area (Å²) in [6, 6.07) is 2.95. The van der Waals surface area contributed by atoms with E-state index in [2.05, 4.69) is 10.0 Å². The molecule has 0 aliphatic rings. The molecular formula is C8H6Cl3N3. The molecular weight excluding hydrogens is 244 g/mol. The smallest absolute Gasteiger partial charge is 0.0781 e. The number of benzene rings is 1. The molecule has 1 aromatic rings. The Kier molecular flexibility index (Phi) is 3.90. The lowest BCUT2D eigenvalue weighted by Crippen LogP contribution is -1.90. The highest BCUT2D eigenvalue weighted by atomic mass is 35.5. The van der Waals surface area contributed by atoms with Crippen LogP contribution in [0.4, 0.5) is 0 Å². The number of rotatable bonds is 2. The summed E-state index contributed by atoms with van der Waals surface area (Å²) in [5.74, 6) is 0. The van der Waals surface area contributed by atoms with Crippen LogP contribution in [-0.2, 0) is 0 Å². The third kappa shape index (κ3) is 2.25. The lowest BCUT2D eigenvalue weighted by molar-refractivity contribution is 0.808. The van der Waals surface area contributed by atoms with E-state index in [-0.39, 0.29) is 11.1 Å². The topological polar surface area (TPSA) is 48.8 Å². The first-order chi connectivity index (χ1) is 6.57. The summed E-state index contributed by atoms with van der Waals surface area (Å²) in [6.45, 7) is 1.73. The van der Waals surface area contributed by atoms with Crippen LogP contribution in [0.3, 0.4) is 0 Å². The summed E-state index contributed by atoms with van der Waals surface area (Å²) in [5, 5.41) is 4.52. The van der Waals surface area contributed by atoms with Crippen LogP contribution >= 0.6 is 34.8 Å². The average molecular weight is 251 g/mol. The molecule has 0 fully saturated rings. The van der Waals surface area contributed by atoms with Gasteiger partial charge in [0, 0.05) is 4.91 Å². The predicted molar refractivity (Wildman–Crippen MR) is 59.0 cm³/mol. The largest absolute Gasteiger partial charge is 0.0861 e. The molecule has 0 aliphatic heterocycles. The van der Waals surface area contributed by atoms with Gasteiger partial charge in [0.05, 0.1) is 21.1 Å². The first-order valence-corrected chi connectivity index (χ1v) is 4.89. The second kappa shape index (κ2) is 4.76. The molecule has 0 heterocycles. The molecule has 0 unspecified atom stereocenters. The van der Waals surface area contributed by atoms with Gasteiger partial charge in [0.25, 0.3) is 0 Å². The highest BCUT2D eigenvalue weighted by molar-refractivity contribution is 6.48. The minimum Gasteiger partial charge on any atom is -0.0861 e. The SMILES string of the molecule is C[C@H](N=[N+]=[N-])c1ccc(Cl)c(Cl)c1Cl. The van der Waals surface area contributed by atoms with Crippen molar-refractivity contribution in [1.29, 1.82) is 0 Å². The van der Waals surface area contributed by atoms with Gasteiger partial charge in [0.2, 0.25) is 0 Å². The van der Waals surface area contributed by atoms with E-state index in [0.717, 1.165) is 0 Å². The van der Waals surface area contributed by atoms with Crippen LogP contribution in [0.25, 0.3) is 10.4 Å². The zero-order valence-electron chi connectivity index (χ0n) is 7.21. The highest BCUT2D eigenvalue weighted by Crippen LogP contribution is 2.36. The lowest BCUT2D eigenvalue weighted by Gasteiger charge is -2.09. The molecule has 1 atom stereocenters. The van der Waals surface area contributed by atoms with E-state index in [1.165, 1.54) is 0 Å². The molecule has 0 aliphatic carbocycles. The van der Waals surface area contributed by atoms with Crippen LogP contribution in [0.15, 0.2) is 17.2 Å². The number of hydrogen-bond donors (Lipinski definition) is 0. The van der Waals surface area contributed by atoms with Crippen LogP contribution in [0, 0.1) is 0 Å². The summed E-state index contributed by atoms with van der Waals surface area (Å²) < 4.78 is 0. The van der Waals surface area contributed by atoms with Crippen molar-refractivity contribution >= 4 is 34.8 Å². The Morgan fingerprint density at radius 3 is 2.50 bits per heavy atom. The van der Waals surface area contributed by atoms with Crippen LogP contribution in [0.5, 0.6) is 0 Å². The highest BCUT2D eigenvalue weighted by Gasteiger charge is 2.12. The standard InChI is InChI=1S/C8H6Cl3N3/c1-4(13-14-12)5-2-3-6(9)8(11)7(5)10/h2-4H,1H3/t4-/m0/s1. The maximum Gasteiger partial charge on any atom is 0.0781 e. The predicted octanol–water partition coefficient (Wildman–Crippen LogP) is 5.02. The Labute approximate surface area is 96.2 Å². The molecule has 1 rings (SSSR count). The quantitative estimate of drug-likeness (QED) is 0.306. The van der Waals surface area contributed by atoms with E-state index in [1.54, 1.807) is 19.1 Å². The molecule has 0 spiro atoms. The number of halogens is 3. The van der Waals surface area contributed by atoms with Gasteiger partial charge in [-0.2, -0.15) is 0 Å². The summed E-state index contributed by atoms with van der Waals surface area (Å²) >= 11 is 17.5. The molecule has 0 N–H and O–H groups in total. The molecule has 1 aromatic carbocycles. The van der Waals surface area contributed by atoms with Gasteiger partial charge in [-0.15, -0.1) is 0 Å². The van der Waals surface area contributed by atoms with Crippen molar-refractivity contribution in [2.24, 2.45) is 5.11 Å². The van der Waals surface area contributed by atoms with Crippen molar-refractivity contribution in [3.63, 3.8) is 0 Å². The molecule has 0 radical (unpaired) electrons. The normalized spacial score (nSPS) is 12.0. The fourth-order valence-electron chi connectivity index (χ4n) is 1.00. The maximum atomic E-state index is 8.27. The zero-order valence-corrected chi connectivity index (χ0v) is 9.48. The number of azide groups is 1. The molecule has 0 bridgehead atoms. The third-order valence-corrected chi connectivity index (χ3v) is 3.05. The Bertz CT molecular complexity index is 399. The summed E-state index contributed by atoms with van der Waals surface area (Å²) in [5.41, 5.74) is 8.93. The van der Waals surface area contributed by atoms with Crippen molar-refractivity contribution in [3.8, 4) is 0 Å². The minimum absolute atomic E-state index is 0.283. The van der Waals surface area contributed by atoms with Gasteiger partial charge >= 0.3 is 0 Å². The van der Waals surface area contributed by atoms with Crippen molar-refractivity contribution in [3.05, 3.63) is 43.2 Å². The molecule has 6 heteroatoms. The molecule has 0 saturated carbocycles. The van der Waals surface area contributed by atoms with Crippen LogP contribution in [0.2, 0.25) is 15.1 Å². The third-order valence-electron chi connectivity index (χ3n) is 1.74. The molecule has 3 nitrogen and oxygen atoms in total. The van der Waals surface area contributed by atoms with Gasteiger partial charge in [-0.25, -0.2) is 0 Å². The van der Waals surface area contributed by atoms with Crippen molar-refractivity contribution in [1.82, 2.24) is 0 Å². The number of nitrogens with zero attached hydrogens (tertiary/aromatic N) is 3. The van der Waals surface area contributed by atoms with Gasteiger partial charge in [-0.05, 0) is 17.2 Å². The van der Waals surface area contributed by atoms with Crippen molar-refractivity contribution < 1.29 is 0 Å². The maximum absolute atomic E-state index is 8.27. The van der Waals surface area contributed by atoms with Gasteiger partial charge in [-0.1, -0.05) is 52.9 Å². The molecule has 74 valence electrons. The first-order valence-electron chi connectivity index (χ1n) is 3.75. The molecule has 0 aromatic heterocycles. The van der Waals surface area contributed by atoms with Crippen molar-refractivity contribution in [2.75, 3.05) is 0 Å². The molecule has 14 heavy (non-hydrogen) atoms. The summed E-state index contributed by atoms with van der Waals surface area (Å²) in [7, 11) is 0. The first kappa shape index (κ1) is 11.5. The second-order valence-electron chi connectivity index (χ2n) is 2.65. The van der Waals surface area contributed by atoms with Crippen LogP contribution < -0.4 is 0 Å². The molecule has 0 amide bonds. The summed E-state index contributed by atoms with van der Waals surface area (Å²) in [6.07, 6.45) is 0. The van der Waals surface area contributed by atoms with Gasteiger partial charge in [-0.3, -0.25) is 0 Å². The van der Waals surface area contributed by atoms with Gasteiger partial charge in [0.1, 0.15) is 0 Å². The van der Waals surface area contributed by atoms with E-state index in [9.17, 15) is 0 Å². The van der Waals surface area contributed by atoms with Gasteiger partial charge < -0.3 is 0 Å². The zero-order chi connectivity index (χ0) is 10.7. The van der Waals surface area contributed by atoms with E-state index >= 15 is 0 Å². The van der Waals surface area contributed by atoms with E-state index in [1.807, 2.05) is 0 Å². The Hall–Kier alpha value is -0.600. The fraction of sp³-hybridized carbons (Fsp3) is 0.250. The summed E-state index contributed by atoms with van der Waals surface area (Å²) in [4.78, 5) is 2.70. The van der Waals surface area contributed by atoms with E-state index in [0.29, 0.717) is 15.6 Å². The van der Waals surface area contributed by atoms with Crippen LogP contribution in [0.1, 0.15) is 18.5 Å². The van der Waals surface area contributed by atoms with Crippen molar-refractivity contribution in [2.45, 2.75) is 13.0 Å². The Morgan fingerprint density at radius 1 is 1.29 bits per heavy atom. The van der Waals surface area contributed by atoms with E-state index in [4.69, 9.17) is 40.3 Å². The molecule has 0 saturated heterocycles. The Morgan fingerprint density at radius 2 is 1.93 bits per heavy atom. The number of hydrogen-bond acceptors (Lipinski definition) is 1. The minimum atomic E-state index is -0.359. The average Bonchev–Trinajstić information content (AvgIpc) is 2.15. The lowest BCUT2D eigenvalue weighted by atomic mass is 10.1. The Balaban J connectivity index is 3.23.